The normalized spacial score (nSPS) is 16.8. The molecule has 0 aliphatic carbocycles. The molecule has 5 rings (SSSR count). The number of ether oxygens (including phenoxy) is 1. The second kappa shape index (κ2) is 7.07. The van der Waals surface area contributed by atoms with Crippen LogP contribution in [0.15, 0.2) is 36.4 Å². The highest BCUT2D eigenvalue weighted by Gasteiger charge is 2.18. The summed E-state index contributed by atoms with van der Waals surface area (Å²) in [6.07, 6.45) is 0.857. The van der Waals surface area contributed by atoms with E-state index in [1.165, 1.54) is 0 Å². The van der Waals surface area contributed by atoms with E-state index in [0.29, 0.717) is 12.2 Å². The number of hydrogen-bond acceptors (Lipinski definition) is 6. The van der Waals surface area contributed by atoms with Gasteiger partial charge in [-0.15, -0.1) is 0 Å². The smallest absolute Gasteiger partial charge is 0.255 e. The van der Waals surface area contributed by atoms with Gasteiger partial charge in [0.25, 0.3) is 5.91 Å². The Kier molecular flexibility index (Phi) is 4.41. The molecule has 3 heterocycles. The SMILES string of the molecule is CN1CCN(c2nc3cc(NC(=O)c4ccc5c(c4)CCO5)ccc3s2)CC1. The topological polar surface area (TPSA) is 57.7 Å². The molecule has 1 saturated heterocycles. The molecule has 0 atom stereocenters. The van der Waals surface area contributed by atoms with Gasteiger partial charge in [0.15, 0.2) is 5.13 Å². The van der Waals surface area contributed by atoms with Crippen molar-refractivity contribution in [2.24, 2.45) is 0 Å². The van der Waals surface area contributed by atoms with E-state index in [-0.39, 0.29) is 5.91 Å². The lowest BCUT2D eigenvalue weighted by Crippen LogP contribution is -2.44. The molecule has 1 N–H and O–H groups in total. The van der Waals surface area contributed by atoms with E-state index < -0.39 is 0 Å². The number of thiazole rings is 1. The minimum Gasteiger partial charge on any atom is -0.493 e. The molecular weight excluding hydrogens is 372 g/mol. The summed E-state index contributed by atoms with van der Waals surface area (Å²) in [4.78, 5) is 22.1. The van der Waals surface area contributed by atoms with Crippen LogP contribution in [0.3, 0.4) is 0 Å². The first-order valence-electron chi connectivity index (χ1n) is 9.57. The second-order valence-electron chi connectivity index (χ2n) is 7.34. The van der Waals surface area contributed by atoms with Crippen molar-refractivity contribution in [3.8, 4) is 5.75 Å². The van der Waals surface area contributed by atoms with Gasteiger partial charge in [0, 0.05) is 43.9 Å². The van der Waals surface area contributed by atoms with Gasteiger partial charge in [0.2, 0.25) is 0 Å². The molecule has 0 spiro atoms. The first-order valence-corrected chi connectivity index (χ1v) is 10.4. The van der Waals surface area contributed by atoms with Gasteiger partial charge in [-0.05, 0) is 49.0 Å². The van der Waals surface area contributed by atoms with Crippen LogP contribution in [0.4, 0.5) is 10.8 Å². The Hall–Kier alpha value is -2.64. The van der Waals surface area contributed by atoms with Crippen molar-refractivity contribution in [3.05, 3.63) is 47.5 Å². The Bertz CT molecular complexity index is 1040. The van der Waals surface area contributed by atoms with Crippen molar-refractivity contribution in [1.29, 1.82) is 0 Å². The lowest BCUT2D eigenvalue weighted by atomic mass is 10.1. The van der Waals surface area contributed by atoms with Crippen LogP contribution in [0.2, 0.25) is 0 Å². The third-order valence-corrected chi connectivity index (χ3v) is 6.46. The molecule has 0 radical (unpaired) electrons. The number of aromatic nitrogens is 1. The molecule has 0 saturated carbocycles. The molecule has 3 aromatic rings. The number of nitrogens with zero attached hydrogens (tertiary/aromatic N) is 3. The summed E-state index contributed by atoms with van der Waals surface area (Å²) in [5.41, 5.74) is 3.45. The second-order valence-corrected chi connectivity index (χ2v) is 8.35. The Morgan fingerprint density at radius 1 is 1.14 bits per heavy atom. The number of anilines is 2. The number of nitrogens with one attached hydrogen (secondary N) is 1. The maximum absolute atomic E-state index is 12.7. The van der Waals surface area contributed by atoms with Crippen LogP contribution in [0.25, 0.3) is 10.2 Å². The predicted molar refractivity (Wildman–Crippen MR) is 113 cm³/mol. The summed E-state index contributed by atoms with van der Waals surface area (Å²) < 4.78 is 6.65. The van der Waals surface area contributed by atoms with Crippen LogP contribution in [0.1, 0.15) is 15.9 Å². The Balaban J connectivity index is 1.34. The number of hydrogen-bond donors (Lipinski definition) is 1. The highest BCUT2D eigenvalue weighted by Crippen LogP contribution is 2.31. The molecule has 0 bridgehead atoms. The molecule has 1 fully saturated rings. The van der Waals surface area contributed by atoms with Crippen LogP contribution in [0, 0.1) is 0 Å². The zero-order valence-electron chi connectivity index (χ0n) is 15.8. The van der Waals surface area contributed by atoms with Crippen molar-refractivity contribution in [1.82, 2.24) is 9.88 Å². The highest BCUT2D eigenvalue weighted by atomic mass is 32.1. The quantitative estimate of drug-likeness (QED) is 0.739. The van der Waals surface area contributed by atoms with Crippen molar-refractivity contribution in [2.75, 3.05) is 50.1 Å². The molecule has 1 aromatic heterocycles. The van der Waals surface area contributed by atoms with Gasteiger partial charge in [0.05, 0.1) is 16.8 Å². The average molecular weight is 395 g/mol. The largest absolute Gasteiger partial charge is 0.493 e. The van der Waals surface area contributed by atoms with Gasteiger partial charge >= 0.3 is 0 Å². The molecule has 7 heteroatoms. The minimum absolute atomic E-state index is 0.108. The Morgan fingerprint density at radius 3 is 2.86 bits per heavy atom. The summed E-state index contributed by atoms with van der Waals surface area (Å²) in [7, 11) is 2.15. The minimum atomic E-state index is -0.108. The van der Waals surface area contributed by atoms with Gasteiger partial charge in [-0.25, -0.2) is 4.98 Å². The third-order valence-electron chi connectivity index (χ3n) is 5.36. The molecule has 144 valence electrons. The number of fused-ring (bicyclic) bond motifs is 2. The van der Waals surface area contributed by atoms with Crippen LogP contribution in [-0.4, -0.2) is 55.6 Å². The summed E-state index contributed by atoms with van der Waals surface area (Å²) in [6, 6.07) is 11.6. The van der Waals surface area contributed by atoms with Gasteiger partial charge < -0.3 is 19.9 Å². The number of carbonyl (C=O) groups is 1. The van der Waals surface area contributed by atoms with E-state index in [1.54, 1.807) is 11.3 Å². The molecule has 2 aliphatic rings. The van der Waals surface area contributed by atoms with Crippen LogP contribution in [-0.2, 0) is 6.42 Å². The molecular formula is C21H22N4O2S. The third kappa shape index (κ3) is 3.31. The fourth-order valence-electron chi connectivity index (χ4n) is 3.66. The monoisotopic (exact) mass is 394 g/mol. The van der Waals surface area contributed by atoms with E-state index in [1.807, 2.05) is 36.4 Å². The lowest BCUT2D eigenvalue weighted by Gasteiger charge is -2.32. The summed E-state index contributed by atoms with van der Waals surface area (Å²) in [5.74, 6) is 0.778. The zero-order chi connectivity index (χ0) is 19.1. The molecule has 2 aromatic carbocycles. The first-order chi connectivity index (χ1) is 13.7. The number of benzene rings is 2. The summed E-state index contributed by atoms with van der Waals surface area (Å²) >= 11 is 1.71. The zero-order valence-corrected chi connectivity index (χ0v) is 16.6. The molecule has 28 heavy (non-hydrogen) atoms. The van der Waals surface area contributed by atoms with Gasteiger partial charge in [0.1, 0.15) is 5.75 Å². The van der Waals surface area contributed by atoms with Crippen LogP contribution in [0.5, 0.6) is 5.75 Å². The number of carbonyl (C=O) groups excluding carboxylic acids is 1. The Labute approximate surface area is 167 Å². The van der Waals surface area contributed by atoms with E-state index in [4.69, 9.17) is 9.72 Å². The average Bonchev–Trinajstić information content (AvgIpc) is 3.34. The highest BCUT2D eigenvalue weighted by molar-refractivity contribution is 7.22. The fourth-order valence-corrected chi connectivity index (χ4v) is 4.65. The predicted octanol–water partition coefficient (Wildman–Crippen LogP) is 3.24. The first kappa shape index (κ1) is 17.5. The van der Waals surface area contributed by atoms with E-state index >= 15 is 0 Å². The Morgan fingerprint density at radius 2 is 2.00 bits per heavy atom. The standard InChI is InChI=1S/C21H22N4O2S/c1-24-7-9-25(10-8-24)21-23-17-13-16(3-5-19(17)28-21)22-20(26)15-2-4-18-14(12-15)6-11-27-18/h2-5,12-13H,6-11H2,1H3,(H,22,26). The van der Waals surface area contributed by atoms with Crippen molar-refractivity contribution < 1.29 is 9.53 Å². The number of likely N-dealkylation sites (N-methyl/N-ethyl adjacent to an activating group) is 1. The molecule has 2 aliphatic heterocycles. The van der Waals surface area contributed by atoms with E-state index in [0.717, 1.165) is 64.9 Å². The van der Waals surface area contributed by atoms with Crippen molar-refractivity contribution >= 4 is 38.3 Å². The number of amides is 1. The van der Waals surface area contributed by atoms with Crippen molar-refractivity contribution in [3.63, 3.8) is 0 Å². The van der Waals surface area contributed by atoms with Crippen LogP contribution < -0.4 is 15.0 Å². The summed E-state index contributed by atoms with van der Waals surface area (Å²) in [6.45, 7) is 4.81. The van der Waals surface area contributed by atoms with Gasteiger partial charge in [-0.2, -0.15) is 0 Å². The maximum atomic E-state index is 12.7. The van der Waals surface area contributed by atoms with Gasteiger partial charge in [-0.1, -0.05) is 11.3 Å². The molecule has 1 amide bonds. The van der Waals surface area contributed by atoms with Crippen LogP contribution >= 0.6 is 11.3 Å². The lowest BCUT2D eigenvalue weighted by molar-refractivity contribution is 0.102. The number of rotatable bonds is 3. The van der Waals surface area contributed by atoms with Crippen molar-refractivity contribution in [2.45, 2.75) is 6.42 Å². The maximum Gasteiger partial charge on any atom is 0.255 e. The van der Waals surface area contributed by atoms with E-state index in [9.17, 15) is 4.79 Å². The molecule has 6 nitrogen and oxygen atoms in total. The fraction of sp³-hybridized carbons (Fsp3) is 0.333. The number of piperazine rings is 1. The van der Waals surface area contributed by atoms with Gasteiger partial charge in [-0.3, -0.25) is 4.79 Å². The summed E-state index contributed by atoms with van der Waals surface area (Å²) in [5, 5.41) is 4.06. The van der Waals surface area contributed by atoms with E-state index in [2.05, 4.69) is 22.2 Å². The molecule has 0 unspecified atom stereocenters.